The summed E-state index contributed by atoms with van der Waals surface area (Å²) in [5.74, 6) is 1.53. The van der Waals surface area contributed by atoms with Crippen LogP contribution in [0.4, 0.5) is 0 Å². The molecule has 0 bridgehead atoms. The first-order valence-electron chi connectivity index (χ1n) is 9.07. The van der Waals surface area contributed by atoms with Crippen molar-refractivity contribution < 1.29 is 9.32 Å². The number of nitrogens with one attached hydrogen (secondary N) is 1. The van der Waals surface area contributed by atoms with Gasteiger partial charge in [-0.1, -0.05) is 29.4 Å². The number of carbonyl (C=O) groups is 1. The van der Waals surface area contributed by atoms with Gasteiger partial charge in [0.25, 0.3) is 0 Å². The number of nitrogens with zero attached hydrogens (tertiary/aromatic N) is 3. The fourth-order valence-electron chi connectivity index (χ4n) is 3.78. The van der Waals surface area contributed by atoms with E-state index in [9.17, 15) is 4.79 Å². The van der Waals surface area contributed by atoms with Crippen LogP contribution in [0, 0.1) is 6.92 Å². The Labute approximate surface area is 147 Å². The summed E-state index contributed by atoms with van der Waals surface area (Å²) in [6, 6.07) is 8.39. The summed E-state index contributed by atoms with van der Waals surface area (Å²) in [6.07, 6.45) is 4.59. The normalized spacial score (nSPS) is 18.5. The molecule has 6 nitrogen and oxygen atoms in total. The number of aryl methyl sites for hydroxylation is 1. The molecule has 0 saturated heterocycles. The fraction of sp³-hybridized carbons (Fsp3) is 0.526. The van der Waals surface area contributed by atoms with Crippen molar-refractivity contribution in [3.63, 3.8) is 0 Å². The van der Waals surface area contributed by atoms with Gasteiger partial charge in [-0.05, 0) is 36.8 Å². The van der Waals surface area contributed by atoms with E-state index in [1.807, 2.05) is 11.0 Å². The molecule has 25 heavy (non-hydrogen) atoms. The van der Waals surface area contributed by atoms with Crippen molar-refractivity contribution in [2.75, 3.05) is 13.1 Å². The molecular formula is C19H24N4O2. The van der Waals surface area contributed by atoms with Gasteiger partial charge in [0.05, 0.1) is 5.54 Å². The van der Waals surface area contributed by atoms with Gasteiger partial charge < -0.3 is 14.7 Å². The summed E-state index contributed by atoms with van der Waals surface area (Å²) >= 11 is 0. The number of carbonyl (C=O) groups excluding carboxylic acids is 1. The Kier molecular flexibility index (Phi) is 4.29. The highest BCUT2D eigenvalue weighted by Gasteiger charge is 2.42. The molecule has 0 spiro atoms. The van der Waals surface area contributed by atoms with Crippen LogP contribution in [0.2, 0.25) is 0 Å². The molecule has 1 N–H and O–H groups in total. The molecule has 2 heterocycles. The van der Waals surface area contributed by atoms with Crippen molar-refractivity contribution in [2.24, 2.45) is 0 Å². The first-order chi connectivity index (χ1) is 12.2. The van der Waals surface area contributed by atoms with E-state index < -0.39 is 0 Å². The van der Waals surface area contributed by atoms with E-state index in [1.165, 1.54) is 11.1 Å². The molecule has 132 valence electrons. The Morgan fingerprint density at radius 1 is 1.32 bits per heavy atom. The van der Waals surface area contributed by atoms with Crippen molar-refractivity contribution in [3.8, 4) is 0 Å². The molecule has 0 radical (unpaired) electrons. The highest BCUT2D eigenvalue weighted by molar-refractivity contribution is 5.76. The number of amides is 1. The van der Waals surface area contributed by atoms with Crippen molar-refractivity contribution in [3.05, 3.63) is 47.1 Å². The maximum Gasteiger partial charge on any atom is 0.224 e. The molecule has 1 aromatic carbocycles. The Morgan fingerprint density at radius 3 is 2.80 bits per heavy atom. The third kappa shape index (κ3) is 3.18. The van der Waals surface area contributed by atoms with E-state index in [0.717, 1.165) is 44.6 Å². The highest BCUT2D eigenvalue weighted by atomic mass is 16.5. The summed E-state index contributed by atoms with van der Waals surface area (Å²) in [5, 5.41) is 7.60. The average molecular weight is 340 g/mol. The van der Waals surface area contributed by atoms with E-state index >= 15 is 0 Å². The van der Waals surface area contributed by atoms with Crippen LogP contribution in [0.15, 0.2) is 28.8 Å². The minimum Gasteiger partial charge on any atom is -0.340 e. The van der Waals surface area contributed by atoms with Crippen LogP contribution < -0.4 is 5.32 Å². The zero-order chi connectivity index (χ0) is 17.3. The number of rotatable bonds is 5. The van der Waals surface area contributed by atoms with E-state index in [2.05, 4.69) is 33.7 Å². The zero-order valence-corrected chi connectivity index (χ0v) is 14.6. The van der Waals surface area contributed by atoms with Crippen LogP contribution in [-0.2, 0) is 23.3 Å². The standard InChI is InChI=1S/C19H24N4O2/c1-14-21-18(22-25-14)19(9-4-10-19)20-11-7-17(24)23-12-8-15-5-2-3-6-16(15)13-23/h2-3,5-6,20H,4,7-13H2,1H3. The van der Waals surface area contributed by atoms with E-state index in [-0.39, 0.29) is 11.4 Å². The molecule has 1 saturated carbocycles. The Morgan fingerprint density at radius 2 is 2.12 bits per heavy atom. The Hall–Kier alpha value is -2.21. The molecule has 6 heteroatoms. The van der Waals surface area contributed by atoms with Gasteiger partial charge in [-0.2, -0.15) is 4.98 Å². The maximum atomic E-state index is 12.6. The van der Waals surface area contributed by atoms with E-state index in [1.54, 1.807) is 6.92 Å². The number of hydrogen-bond acceptors (Lipinski definition) is 5. The van der Waals surface area contributed by atoms with E-state index in [0.29, 0.717) is 18.9 Å². The lowest BCUT2D eigenvalue weighted by molar-refractivity contribution is -0.132. The predicted octanol–water partition coefficient (Wildman–Crippen LogP) is 2.32. The van der Waals surface area contributed by atoms with Crippen LogP contribution in [0.3, 0.4) is 0 Å². The van der Waals surface area contributed by atoms with Crippen molar-refractivity contribution in [1.82, 2.24) is 20.4 Å². The smallest absolute Gasteiger partial charge is 0.224 e. The van der Waals surface area contributed by atoms with Crippen LogP contribution in [0.25, 0.3) is 0 Å². The second-order valence-electron chi connectivity index (χ2n) is 7.08. The molecule has 1 aliphatic carbocycles. The van der Waals surface area contributed by atoms with Crippen LogP contribution >= 0.6 is 0 Å². The largest absolute Gasteiger partial charge is 0.340 e. The molecule has 2 aliphatic rings. The van der Waals surface area contributed by atoms with E-state index in [4.69, 9.17) is 4.52 Å². The summed E-state index contributed by atoms with van der Waals surface area (Å²) in [7, 11) is 0. The molecule has 1 amide bonds. The van der Waals surface area contributed by atoms with Gasteiger partial charge in [-0.15, -0.1) is 0 Å². The Bertz CT molecular complexity index is 766. The van der Waals surface area contributed by atoms with Crippen molar-refractivity contribution in [1.29, 1.82) is 0 Å². The molecule has 0 atom stereocenters. The van der Waals surface area contributed by atoms with Crippen LogP contribution in [0.5, 0.6) is 0 Å². The highest BCUT2D eigenvalue weighted by Crippen LogP contribution is 2.39. The van der Waals surface area contributed by atoms with Gasteiger partial charge in [-0.25, -0.2) is 0 Å². The monoisotopic (exact) mass is 340 g/mol. The fourth-order valence-corrected chi connectivity index (χ4v) is 3.78. The van der Waals surface area contributed by atoms with Crippen molar-refractivity contribution >= 4 is 5.91 Å². The third-order valence-electron chi connectivity index (χ3n) is 5.45. The lowest BCUT2D eigenvalue weighted by Crippen LogP contribution is -2.50. The van der Waals surface area contributed by atoms with Gasteiger partial charge in [-0.3, -0.25) is 4.79 Å². The predicted molar refractivity (Wildman–Crippen MR) is 92.7 cm³/mol. The third-order valence-corrected chi connectivity index (χ3v) is 5.45. The first-order valence-corrected chi connectivity index (χ1v) is 9.07. The molecule has 1 aromatic heterocycles. The average Bonchev–Trinajstić information content (AvgIpc) is 3.03. The summed E-state index contributed by atoms with van der Waals surface area (Å²) in [5.41, 5.74) is 2.44. The SMILES string of the molecule is Cc1nc(C2(NCCC(=O)N3CCc4ccccc4C3)CCC2)no1. The molecule has 0 unspecified atom stereocenters. The second kappa shape index (κ2) is 6.59. The molecule has 1 fully saturated rings. The number of hydrogen-bond donors (Lipinski definition) is 1. The van der Waals surface area contributed by atoms with Gasteiger partial charge in [0.2, 0.25) is 11.8 Å². The minimum absolute atomic E-state index is 0.202. The maximum absolute atomic E-state index is 12.6. The number of fused-ring (bicyclic) bond motifs is 1. The molecule has 2 aromatic rings. The molecule has 4 rings (SSSR count). The number of aromatic nitrogens is 2. The quantitative estimate of drug-likeness (QED) is 0.904. The second-order valence-corrected chi connectivity index (χ2v) is 7.08. The summed E-state index contributed by atoms with van der Waals surface area (Å²) in [4.78, 5) is 18.9. The van der Waals surface area contributed by atoms with Gasteiger partial charge in [0, 0.05) is 33.0 Å². The first kappa shape index (κ1) is 16.3. The van der Waals surface area contributed by atoms with Crippen molar-refractivity contribution in [2.45, 2.75) is 51.1 Å². The Balaban J connectivity index is 1.32. The number of benzene rings is 1. The minimum atomic E-state index is -0.202. The topological polar surface area (TPSA) is 71.3 Å². The van der Waals surface area contributed by atoms with Crippen LogP contribution in [-0.4, -0.2) is 34.0 Å². The summed E-state index contributed by atoms with van der Waals surface area (Å²) < 4.78 is 5.13. The zero-order valence-electron chi connectivity index (χ0n) is 14.6. The molecular weight excluding hydrogens is 316 g/mol. The lowest BCUT2D eigenvalue weighted by atomic mass is 9.76. The lowest BCUT2D eigenvalue weighted by Gasteiger charge is -2.40. The van der Waals surface area contributed by atoms with Gasteiger partial charge in [0.1, 0.15) is 0 Å². The van der Waals surface area contributed by atoms with Gasteiger partial charge in [0.15, 0.2) is 5.82 Å². The van der Waals surface area contributed by atoms with Gasteiger partial charge >= 0.3 is 0 Å². The summed E-state index contributed by atoms with van der Waals surface area (Å²) in [6.45, 7) is 3.99. The van der Waals surface area contributed by atoms with Crippen LogP contribution in [0.1, 0.15) is 48.5 Å². The molecule has 1 aliphatic heterocycles.